The lowest BCUT2D eigenvalue weighted by atomic mass is 10.0. The summed E-state index contributed by atoms with van der Waals surface area (Å²) in [6, 6.07) is 3.27. The maximum absolute atomic E-state index is 12.9. The summed E-state index contributed by atoms with van der Waals surface area (Å²) < 4.78 is 38.6. The monoisotopic (exact) mass is 303 g/mol. The van der Waals surface area contributed by atoms with E-state index >= 15 is 0 Å². The lowest BCUT2D eigenvalue weighted by molar-refractivity contribution is -0.137. The van der Waals surface area contributed by atoms with E-state index < -0.39 is 23.3 Å². The van der Waals surface area contributed by atoms with E-state index in [2.05, 4.69) is 5.32 Å². The molecule has 1 rings (SSSR count). The van der Waals surface area contributed by atoms with Gasteiger partial charge >= 0.3 is 6.18 Å². The molecule has 0 bridgehead atoms. The van der Waals surface area contributed by atoms with Gasteiger partial charge in [0.15, 0.2) is 0 Å². The summed E-state index contributed by atoms with van der Waals surface area (Å²) >= 11 is 0. The minimum Gasteiger partial charge on any atom is -0.350 e. The summed E-state index contributed by atoms with van der Waals surface area (Å²) in [6.07, 6.45) is -1.89. The molecule has 7 heteroatoms. The highest BCUT2D eigenvalue weighted by Crippen LogP contribution is 2.36. The molecule has 118 valence electrons. The molecule has 0 heterocycles. The Morgan fingerprint density at radius 2 is 2.05 bits per heavy atom. The Bertz CT molecular complexity index is 489. The summed E-state index contributed by atoms with van der Waals surface area (Å²) in [5.41, 5.74) is 0.501. The summed E-state index contributed by atoms with van der Waals surface area (Å²) in [4.78, 5) is 12.1. The third-order valence-electron chi connectivity index (χ3n) is 3.13. The minimum absolute atomic E-state index is 0.113. The number of anilines is 1. The molecule has 0 saturated heterocycles. The Kier molecular flexibility index (Phi) is 6.02. The van der Waals surface area contributed by atoms with Crippen molar-refractivity contribution in [3.8, 4) is 0 Å². The van der Waals surface area contributed by atoms with Crippen molar-refractivity contribution in [2.45, 2.75) is 45.3 Å². The third-order valence-corrected chi connectivity index (χ3v) is 3.13. The largest absolute Gasteiger partial charge is 0.418 e. The second-order valence-corrected chi connectivity index (χ2v) is 4.89. The molecular weight excluding hydrogens is 283 g/mol. The molecule has 21 heavy (non-hydrogen) atoms. The second-order valence-electron chi connectivity index (χ2n) is 4.89. The van der Waals surface area contributed by atoms with Crippen LogP contribution in [0.1, 0.15) is 49.0 Å². The fourth-order valence-corrected chi connectivity index (χ4v) is 2.02. The zero-order chi connectivity index (χ0) is 16.0. The van der Waals surface area contributed by atoms with Crippen LogP contribution in [-0.4, -0.2) is 11.9 Å². The fraction of sp³-hybridized carbons (Fsp3) is 0.500. The Balaban J connectivity index is 2.99. The van der Waals surface area contributed by atoms with Gasteiger partial charge in [-0.3, -0.25) is 10.6 Å². The topological polar surface area (TPSA) is 67.2 Å². The van der Waals surface area contributed by atoms with Crippen LogP contribution in [0, 0.1) is 0 Å². The maximum atomic E-state index is 12.9. The van der Waals surface area contributed by atoms with Crippen molar-refractivity contribution in [2.24, 2.45) is 5.84 Å². The highest BCUT2D eigenvalue weighted by Gasteiger charge is 2.35. The van der Waals surface area contributed by atoms with Gasteiger partial charge in [0.2, 0.25) is 0 Å². The van der Waals surface area contributed by atoms with E-state index in [1.165, 1.54) is 12.1 Å². The van der Waals surface area contributed by atoms with Gasteiger partial charge in [0.1, 0.15) is 0 Å². The molecule has 0 saturated carbocycles. The number of carbonyl (C=O) groups is 1. The van der Waals surface area contributed by atoms with Crippen LogP contribution >= 0.6 is 0 Å². The predicted molar refractivity (Wildman–Crippen MR) is 75.7 cm³/mol. The molecule has 0 aliphatic rings. The van der Waals surface area contributed by atoms with Crippen molar-refractivity contribution in [2.75, 3.05) is 5.43 Å². The average molecular weight is 303 g/mol. The maximum Gasteiger partial charge on any atom is 0.418 e. The van der Waals surface area contributed by atoms with Crippen LogP contribution in [0.4, 0.5) is 18.9 Å². The standard InChI is InChI=1S/C14H20F3N3O/c1-3-4-6-9(2)19-13(21)10-7-5-8-11(12(10)20-18)14(15,16)17/h5,7-9,20H,3-4,6,18H2,1-2H3,(H,19,21). The molecule has 0 spiro atoms. The van der Waals surface area contributed by atoms with E-state index in [0.29, 0.717) is 0 Å². The van der Waals surface area contributed by atoms with Crippen LogP contribution < -0.4 is 16.6 Å². The predicted octanol–water partition coefficient (Wildman–Crippen LogP) is 3.30. The van der Waals surface area contributed by atoms with Gasteiger partial charge < -0.3 is 10.7 Å². The number of nitrogen functional groups attached to an aromatic ring is 1. The van der Waals surface area contributed by atoms with Crippen LogP contribution in [0.5, 0.6) is 0 Å². The van der Waals surface area contributed by atoms with Crippen molar-refractivity contribution < 1.29 is 18.0 Å². The number of para-hydroxylation sites is 1. The second kappa shape index (κ2) is 7.31. The first-order valence-corrected chi connectivity index (χ1v) is 6.79. The first-order chi connectivity index (χ1) is 9.81. The number of hydrazine groups is 1. The number of hydrogen-bond donors (Lipinski definition) is 3. The zero-order valence-electron chi connectivity index (χ0n) is 12.1. The van der Waals surface area contributed by atoms with Crippen molar-refractivity contribution in [3.05, 3.63) is 29.3 Å². The van der Waals surface area contributed by atoms with Crippen LogP contribution in [0.15, 0.2) is 18.2 Å². The number of nitrogens with two attached hydrogens (primary N) is 1. The first-order valence-electron chi connectivity index (χ1n) is 6.79. The number of rotatable bonds is 6. The van der Waals surface area contributed by atoms with Crippen LogP contribution in [0.25, 0.3) is 0 Å². The van der Waals surface area contributed by atoms with Crippen molar-refractivity contribution in [3.63, 3.8) is 0 Å². The summed E-state index contributed by atoms with van der Waals surface area (Å²) in [5.74, 6) is 4.60. The number of nitrogens with one attached hydrogen (secondary N) is 2. The molecule has 0 aromatic heterocycles. The van der Waals surface area contributed by atoms with E-state index in [1.807, 2.05) is 19.3 Å². The van der Waals surface area contributed by atoms with E-state index in [1.54, 1.807) is 0 Å². The summed E-state index contributed by atoms with van der Waals surface area (Å²) in [5, 5.41) is 2.68. The van der Waals surface area contributed by atoms with Gasteiger partial charge in [0.05, 0.1) is 16.8 Å². The molecule has 0 aliphatic carbocycles. The Hall–Kier alpha value is -1.76. The van der Waals surface area contributed by atoms with Gasteiger partial charge in [-0.2, -0.15) is 13.2 Å². The Labute approximate surface area is 121 Å². The number of unbranched alkanes of at least 4 members (excludes halogenated alkanes) is 1. The zero-order valence-corrected chi connectivity index (χ0v) is 12.1. The van der Waals surface area contributed by atoms with Crippen molar-refractivity contribution in [1.29, 1.82) is 0 Å². The molecule has 0 fully saturated rings. The highest BCUT2D eigenvalue weighted by atomic mass is 19.4. The van der Waals surface area contributed by atoms with Gasteiger partial charge in [-0.1, -0.05) is 25.8 Å². The molecule has 4 nitrogen and oxygen atoms in total. The lowest BCUT2D eigenvalue weighted by Crippen LogP contribution is -2.33. The molecule has 1 atom stereocenters. The SMILES string of the molecule is CCCCC(C)NC(=O)c1cccc(C(F)(F)F)c1NN. The molecule has 1 aromatic carbocycles. The van der Waals surface area contributed by atoms with Crippen LogP contribution in [-0.2, 0) is 6.18 Å². The molecule has 1 amide bonds. The van der Waals surface area contributed by atoms with Gasteiger partial charge in [-0.15, -0.1) is 0 Å². The summed E-state index contributed by atoms with van der Waals surface area (Å²) in [7, 11) is 0. The number of hydrogen-bond acceptors (Lipinski definition) is 3. The molecular formula is C14H20F3N3O. The molecule has 0 radical (unpaired) electrons. The number of alkyl halides is 3. The number of halogens is 3. The smallest absolute Gasteiger partial charge is 0.350 e. The number of benzene rings is 1. The Morgan fingerprint density at radius 3 is 2.57 bits per heavy atom. The lowest BCUT2D eigenvalue weighted by Gasteiger charge is -2.18. The van der Waals surface area contributed by atoms with E-state index in [9.17, 15) is 18.0 Å². The quantitative estimate of drug-likeness (QED) is 0.558. The van der Waals surface area contributed by atoms with E-state index in [0.717, 1.165) is 25.3 Å². The summed E-state index contributed by atoms with van der Waals surface area (Å²) in [6.45, 7) is 3.84. The number of carbonyl (C=O) groups excluding carboxylic acids is 1. The Morgan fingerprint density at radius 1 is 1.38 bits per heavy atom. The van der Waals surface area contributed by atoms with Gasteiger partial charge in [0.25, 0.3) is 5.91 Å². The fourth-order valence-electron chi connectivity index (χ4n) is 2.02. The van der Waals surface area contributed by atoms with Crippen LogP contribution in [0.3, 0.4) is 0 Å². The molecule has 1 aromatic rings. The van der Waals surface area contributed by atoms with Crippen LogP contribution in [0.2, 0.25) is 0 Å². The number of amides is 1. The third kappa shape index (κ3) is 4.63. The van der Waals surface area contributed by atoms with Crippen molar-refractivity contribution in [1.82, 2.24) is 5.32 Å². The average Bonchev–Trinajstić information content (AvgIpc) is 2.43. The van der Waals surface area contributed by atoms with E-state index in [-0.39, 0.29) is 11.6 Å². The minimum atomic E-state index is -4.58. The van der Waals surface area contributed by atoms with E-state index in [4.69, 9.17) is 5.84 Å². The van der Waals surface area contributed by atoms with Gasteiger partial charge in [-0.25, -0.2) is 0 Å². The highest BCUT2D eigenvalue weighted by molar-refractivity contribution is 6.00. The van der Waals surface area contributed by atoms with Gasteiger partial charge in [-0.05, 0) is 25.5 Å². The van der Waals surface area contributed by atoms with Crippen molar-refractivity contribution >= 4 is 11.6 Å². The van der Waals surface area contributed by atoms with Gasteiger partial charge in [0, 0.05) is 6.04 Å². The molecule has 1 unspecified atom stereocenters. The molecule has 0 aliphatic heterocycles. The first kappa shape index (κ1) is 17.3. The molecule has 4 N–H and O–H groups in total. The normalized spacial score (nSPS) is 12.9.